The van der Waals surface area contributed by atoms with Crippen LogP contribution in [0, 0.1) is 5.92 Å². The average Bonchev–Trinajstić information content (AvgIpc) is 3.03. The lowest BCUT2D eigenvalue weighted by Crippen LogP contribution is -2.26. The highest BCUT2D eigenvalue weighted by molar-refractivity contribution is 5.61. The van der Waals surface area contributed by atoms with Crippen LogP contribution in [-0.2, 0) is 19.4 Å². The minimum atomic E-state index is 0.0851. The van der Waals surface area contributed by atoms with Gasteiger partial charge >= 0.3 is 0 Å². The fourth-order valence-corrected chi connectivity index (χ4v) is 3.69. The molecule has 104 valence electrons. The Balaban J connectivity index is 1.75. The number of rotatable bonds is 1. The first kappa shape index (κ1) is 12.2. The number of hydrogen-bond donors (Lipinski definition) is 1. The summed E-state index contributed by atoms with van der Waals surface area (Å²) in [5, 5.41) is 0. The SMILES string of the molecule is CC1CC(N)c2nc(-c3ccc4c(c3)CCC4)cn2C1. The van der Waals surface area contributed by atoms with Gasteiger partial charge < -0.3 is 10.3 Å². The van der Waals surface area contributed by atoms with E-state index < -0.39 is 0 Å². The van der Waals surface area contributed by atoms with E-state index >= 15 is 0 Å². The number of aromatic nitrogens is 2. The zero-order chi connectivity index (χ0) is 13.7. The molecule has 0 radical (unpaired) electrons. The molecule has 0 bridgehead atoms. The van der Waals surface area contributed by atoms with E-state index in [9.17, 15) is 0 Å². The Kier molecular flexibility index (Phi) is 2.71. The Morgan fingerprint density at radius 2 is 2.10 bits per heavy atom. The molecular weight excluding hydrogens is 246 g/mol. The number of nitrogens with zero attached hydrogens (tertiary/aromatic N) is 2. The standard InChI is InChI=1S/C17H21N3/c1-11-7-15(18)17-19-16(10-20(17)9-11)14-6-5-12-3-2-4-13(12)8-14/h5-6,8,10-11,15H,2-4,7,9,18H2,1H3. The van der Waals surface area contributed by atoms with Crippen LogP contribution in [0.3, 0.4) is 0 Å². The fraction of sp³-hybridized carbons (Fsp3) is 0.471. The zero-order valence-electron chi connectivity index (χ0n) is 12.0. The summed E-state index contributed by atoms with van der Waals surface area (Å²) in [6, 6.07) is 6.90. The monoisotopic (exact) mass is 267 g/mol. The lowest BCUT2D eigenvalue weighted by Gasteiger charge is -2.25. The summed E-state index contributed by atoms with van der Waals surface area (Å²) < 4.78 is 2.25. The molecule has 0 saturated carbocycles. The van der Waals surface area contributed by atoms with Crippen LogP contribution < -0.4 is 5.73 Å². The molecule has 0 fully saturated rings. The van der Waals surface area contributed by atoms with E-state index in [4.69, 9.17) is 10.7 Å². The molecule has 2 aliphatic rings. The van der Waals surface area contributed by atoms with Gasteiger partial charge in [-0.15, -0.1) is 0 Å². The Labute approximate surface area is 119 Å². The normalized spacial score (nSPS) is 24.5. The second-order valence-electron chi connectivity index (χ2n) is 6.42. The van der Waals surface area contributed by atoms with Gasteiger partial charge in [-0.2, -0.15) is 0 Å². The van der Waals surface area contributed by atoms with E-state index in [1.807, 2.05) is 0 Å². The van der Waals surface area contributed by atoms with Crippen LogP contribution in [0.5, 0.6) is 0 Å². The number of hydrogen-bond acceptors (Lipinski definition) is 2. The van der Waals surface area contributed by atoms with Crippen molar-refractivity contribution in [2.75, 3.05) is 0 Å². The van der Waals surface area contributed by atoms with Crippen molar-refractivity contribution in [3.8, 4) is 11.3 Å². The summed E-state index contributed by atoms with van der Waals surface area (Å²) in [5.41, 5.74) is 11.6. The fourth-order valence-electron chi connectivity index (χ4n) is 3.69. The number of fused-ring (bicyclic) bond motifs is 2. The molecule has 0 amide bonds. The molecule has 1 aromatic carbocycles. The largest absolute Gasteiger partial charge is 0.333 e. The molecule has 0 saturated heterocycles. The maximum absolute atomic E-state index is 6.24. The van der Waals surface area contributed by atoms with E-state index in [2.05, 4.69) is 35.9 Å². The summed E-state index contributed by atoms with van der Waals surface area (Å²) in [6.45, 7) is 3.30. The van der Waals surface area contributed by atoms with E-state index in [0.717, 1.165) is 24.5 Å². The predicted molar refractivity (Wildman–Crippen MR) is 80.4 cm³/mol. The van der Waals surface area contributed by atoms with Gasteiger partial charge in [0.1, 0.15) is 5.82 Å². The van der Waals surface area contributed by atoms with Crippen molar-refractivity contribution in [3.05, 3.63) is 41.3 Å². The van der Waals surface area contributed by atoms with Crippen LogP contribution in [0.25, 0.3) is 11.3 Å². The van der Waals surface area contributed by atoms with Crippen molar-refractivity contribution in [1.29, 1.82) is 0 Å². The minimum absolute atomic E-state index is 0.0851. The van der Waals surface area contributed by atoms with E-state index in [1.165, 1.54) is 36.0 Å². The minimum Gasteiger partial charge on any atom is -0.333 e. The molecule has 2 atom stereocenters. The highest BCUT2D eigenvalue weighted by Gasteiger charge is 2.24. The van der Waals surface area contributed by atoms with E-state index in [-0.39, 0.29) is 6.04 Å². The summed E-state index contributed by atoms with van der Waals surface area (Å²) in [5.74, 6) is 1.69. The highest BCUT2D eigenvalue weighted by atomic mass is 15.1. The molecule has 2 unspecified atom stereocenters. The van der Waals surface area contributed by atoms with Gasteiger partial charge in [0.05, 0.1) is 11.7 Å². The number of benzene rings is 1. The van der Waals surface area contributed by atoms with Gasteiger partial charge in [0, 0.05) is 18.3 Å². The van der Waals surface area contributed by atoms with Crippen molar-refractivity contribution >= 4 is 0 Å². The van der Waals surface area contributed by atoms with Gasteiger partial charge in [0.25, 0.3) is 0 Å². The first-order valence-electron chi connectivity index (χ1n) is 7.65. The quantitative estimate of drug-likeness (QED) is 0.863. The first-order valence-corrected chi connectivity index (χ1v) is 7.65. The maximum Gasteiger partial charge on any atom is 0.126 e. The van der Waals surface area contributed by atoms with Crippen LogP contribution in [0.15, 0.2) is 24.4 Å². The van der Waals surface area contributed by atoms with Crippen LogP contribution >= 0.6 is 0 Å². The Hall–Kier alpha value is -1.61. The molecule has 20 heavy (non-hydrogen) atoms. The zero-order valence-corrected chi connectivity index (χ0v) is 12.0. The molecule has 1 aromatic heterocycles. The molecule has 4 rings (SSSR count). The third-order valence-electron chi connectivity index (χ3n) is 4.70. The molecule has 1 aliphatic heterocycles. The van der Waals surface area contributed by atoms with Crippen molar-refractivity contribution in [2.45, 2.75) is 45.2 Å². The van der Waals surface area contributed by atoms with Gasteiger partial charge in [-0.3, -0.25) is 0 Å². The number of nitrogens with two attached hydrogens (primary N) is 1. The summed E-state index contributed by atoms with van der Waals surface area (Å²) in [4.78, 5) is 4.80. The smallest absolute Gasteiger partial charge is 0.126 e. The van der Waals surface area contributed by atoms with E-state index in [0.29, 0.717) is 5.92 Å². The molecule has 2 N–H and O–H groups in total. The van der Waals surface area contributed by atoms with Crippen molar-refractivity contribution in [3.63, 3.8) is 0 Å². The molecule has 3 heteroatoms. The van der Waals surface area contributed by atoms with Crippen molar-refractivity contribution in [2.24, 2.45) is 11.7 Å². The topological polar surface area (TPSA) is 43.8 Å². The number of aryl methyl sites for hydroxylation is 2. The van der Waals surface area contributed by atoms with Gasteiger partial charge in [0.2, 0.25) is 0 Å². The van der Waals surface area contributed by atoms with Crippen molar-refractivity contribution in [1.82, 2.24) is 9.55 Å². The van der Waals surface area contributed by atoms with Crippen LogP contribution in [0.1, 0.15) is 42.8 Å². The maximum atomic E-state index is 6.24. The van der Waals surface area contributed by atoms with E-state index in [1.54, 1.807) is 0 Å². The Morgan fingerprint density at radius 3 is 3.00 bits per heavy atom. The predicted octanol–water partition coefficient (Wildman–Crippen LogP) is 3.08. The lowest BCUT2D eigenvalue weighted by molar-refractivity contribution is 0.346. The number of imidazole rings is 1. The van der Waals surface area contributed by atoms with Crippen molar-refractivity contribution < 1.29 is 0 Å². The lowest BCUT2D eigenvalue weighted by atomic mass is 9.98. The molecule has 0 spiro atoms. The highest BCUT2D eigenvalue weighted by Crippen LogP contribution is 2.31. The molecule has 3 nitrogen and oxygen atoms in total. The van der Waals surface area contributed by atoms with Gasteiger partial charge in [0.15, 0.2) is 0 Å². The average molecular weight is 267 g/mol. The molecular formula is C17H21N3. The third-order valence-corrected chi connectivity index (χ3v) is 4.70. The second kappa shape index (κ2) is 4.45. The van der Waals surface area contributed by atoms with Gasteiger partial charge in [-0.05, 0) is 48.8 Å². The molecule has 1 aliphatic carbocycles. The van der Waals surface area contributed by atoms with Crippen LogP contribution in [0.2, 0.25) is 0 Å². The van der Waals surface area contributed by atoms with Gasteiger partial charge in [-0.25, -0.2) is 4.98 Å². The third kappa shape index (κ3) is 1.88. The Morgan fingerprint density at radius 1 is 1.25 bits per heavy atom. The first-order chi connectivity index (χ1) is 9.70. The summed E-state index contributed by atoms with van der Waals surface area (Å²) >= 11 is 0. The van der Waals surface area contributed by atoms with Gasteiger partial charge in [-0.1, -0.05) is 19.1 Å². The summed E-state index contributed by atoms with van der Waals surface area (Å²) in [7, 11) is 0. The van der Waals surface area contributed by atoms with Crippen LogP contribution in [0.4, 0.5) is 0 Å². The van der Waals surface area contributed by atoms with Crippen LogP contribution in [-0.4, -0.2) is 9.55 Å². The molecule has 2 aromatic rings. The molecule has 2 heterocycles. The summed E-state index contributed by atoms with van der Waals surface area (Å²) in [6.07, 6.45) is 6.97. The Bertz CT molecular complexity index is 656. The second-order valence-corrected chi connectivity index (χ2v) is 6.42.